The van der Waals surface area contributed by atoms with Gasteiger partial charge in [-0.2, -0.15) is 13.2 Å². The Morgan fingerprint density at radius 3 is 2.41 bits per heavy atom. The summed E-state index contributed by atoms with van der Waals surface area (Å²) in [6, 6.07) is 5.17. The average Bonchev–Trinajstić information content (AvgIpc) is 3.11. The number of hydrogen-bond acceptors (Lipinski definition) is 5. The van der Waals surface area contributed by atoms with Gasteiger partial charge in [0.15, 0.2) is 5.82 Å². The van der Waals surface area contributed by atoms with Crippen LogP contribution in [0.15, 0.2) is 49.1 Å². The van der Waals surface area contributed by atoms with E-state index in [2.05, 4.69) is 19.9 Å². The molecule has 0 aliphatic carbocycles. The highest BCUT2D eigenvalue weighted by Gasteiger charge is 2.50. The quantitative estimate of drug-likeness (QED) is 0.497. The predicted molar refractivity (Wildman–Crippen MR) is 112 cm³/mol. The molecule has 3 heterocycles. The Labute approximate surface area is 191 Å². The zero-order valence-electron chi connectivity index (χ0n) is 18.1. The second-order valence-corrected chi connectivity index (χ2v) is 8.02. The third-order valence-corrected chi connectivity index (χ3v) is 5.78. The Kier molecular flexibility index (Phi) is 6.28. The molecular weight excluding hydrogens is 457 g/mol. The molecule has 0 N–H and O–H groups in total. The first kappa shape index (κ1) is 23.7. The van der Waals surface area contributed by atoms with Gasteiger partial charge in [0.05, 0.1) is 17.2 Å². The smallest absolute Gasteiger partial charge is 0.329 e. The largest absolute Gasteiger partial charge is 0.419 e. The van der Waals surface area contributed by atoms with E-state index in [-0.39, 0.29) is 30.8 Å². The van der Waals surface area contributed by atoms with Crippen LogP contribution in [-0.2, 0) is 12.6 Å². The summed E-state index contributed by atoms with van der Waals surface area (Å²) in [5.74, 6) is -3.43. The molecule has 0 saturated carbocycles. The van der Waals surface area contributed by atoms with Crippen LogP contribution >= 0.6 is 0 Å². The number of carbonyl (C=O) groups excluding carboxylic acids is 1. The molecule has 34 heavy (non-hydrogen) atoms. The predicted octanol–water partition coefficient (Wildman–Crippen LogP) is 4.74. The van der Waals surface area contributed by atoms with Crippen molar-refractivity contribution in [3.8, 4) is 11.4 Å². The number of halogens is 5. The van der Waals surface area contributed by atoms with Gasteiger partial charge in [0, 0.05) is 49.7 Å². The van der Waals surface area contributed by atoms with Gasteiger partial charge in [0.2, 0.25) is 0 Å². The third-order valence-electron chi connectivity index (χ3n) is 5.78. The molecule has 3 aromatic rings. The van der Waals surface area contributed by atoms with E-state index < -0.39 is 36.0 Å². The molecule has 178 valence electrons. The number of aromatic nitrogens is 4. The normalized spacial score (nSPS) is 17.7. The van der Waals surface area contributed by atoms with Crippen molar-refractivity contribution < 1.29 is 26.7 Å². The van der Waals surface area contributed by atoms with Gasteiger partial charge in [0.1, 0.15) is 5.82 Å². The summed E-state index contributed by atoms with van der Waals surface area (Å²) in [6.07, 6.45) is -1.11. The molecular formula is C23H20F5N5O. The molecule has 0 spiro atoms. The van der Waals surface area contributed by atoms with Crippen LogP contribution in [0.25, 0.3) is 11.4 Å². The molecule has 0 bridgehead atoms. The number of nitrogens with zero attached hydrogens (tertiary/aromatic N) is 5. The molecule has 0 unspecified atom stereocenters. The van der Waals surface area contributed by atoms with Crippen molar-refractivity contribution in [3.63, 3.8) is 0 Å². The van der Waals surface area contributed by atoms with E-state index in [9.17, 15) is 26.7 Å². The highest BCUT2D eigenvalue weighted by molar-refractivity contribution is 6.01. The number of benzene rings is 1. The first-order chi connectivity index (χ1) is 16.1. The van der Waals surface area contributed by atoms with Crippen molar-refractivity contribution in [2.75, 3.05) is 6.54 Å². The lowest BCUT2D eigenvalue weighted by Gasteiger charge is -2.28. The second-order valence-electron chi connectivity index (χ2n) is 8.02. The van der Waals surface area contributed by atoms with Crippen molar-refractivity contribution in [1.82, 2.24) is 24.8 Å². The number of carbonyl (C=O) groups is 1. The zero-order chi connectivity index (χ0) is 24.5. The molecule has 1 aliphatic heterocycles. The molecule has 11 heteroatoms. The van der Waals surface area contributed by atoms with Gasteiger partial charge in [0.25, 0.3) is 11.8 Å². The summed E-state index contributed by atoms with van der Waals surface area (Å²) >= 11 is 0. The van der Waals surface area contributed by atoms with Gasteiger partial charge in [-0.05, 0) is 31.0 Å². The number of amides is 1. The Morgan fingerprint density at radius 2 is 1.76 bits per heavy atom. The molecule has 1 fully saturated rings. The molecule has 4 rings (SSSR count). The minimum absolute atomic E-state index is 0.00275. The minimum Gasteiger partial charge on any atom is -0.329 e. The highest BCUT2D eigenvalue weighted by atomic mass is 19.4. The average molecular weight is 477 g/mol. The lowest BCUT2D eigenvalue weighted by Crippen LogP contribution is -2.43. The Morgan fingerprint density at radius 1 is 1.09 bits per heavy atom. The van der Waals surface area contributed by atoms with E-state index in [0.29, 0.717) is 23.8 Å². The van der Waals surface area contributed by atoms with E-state index in [1.807, 2.05) is 0 Å². The molecule has 6 nitrogen and oxygen atoms in total. The van der Waals surface area contributed by atoms with Crippen molar-refractivity contribution in [2.45, 2.75) is 44.3 Å². The van der Waals surface area contributed by atoms with E-state index in [4.69, 9.17) is 0 Å². The van der Waals surface area contributed by atoms with Crippen LogP contribution in [0, 0.1) is 6.92 Å². The maximum absolute atomic E-state index is 14.8. The van der Waals surface area contributed by atoms with Gasteiger partial charge in [-0.3, -0.25) is 4.79 Å². The van der Waals surface area contributed by atoms with Crippen LogP contribution in [0.5, 0.6) is 0 Å². The minimum atomic E-state index is -4.59. The summed E-state index contributed by atoms with van der Waals surface area (Å²) in [5, 5.41) is 0. The zero-order valence-corrected chi connectivity index (χ0v) is 18.1. The van der Waals surface area contributed by atoms with Gasteiger partial charge >= 0.3 is 6.18 Å². The van der Waals surface area contributed by atoms with Crippen molar-refractivity contribution in [1.29, 1.82) is 0 Å². The Bertz CT molecular complexity index is 1170. The fourth-order valence-corrected chi connectivity index (χ4v) is 4.05. The van der Waals surface area contributed by atoms with Crippen molar-refractivity contribution in [3.05, 3.63) is 71.6 Å². The maximum Gasteiger partial charge on any atom is 0.419 e. The van der Waals surface area contributed by atoms with Crippen molar-refractivity contribution >= 4 is 5.91 Å². The molecule has 1 amide bonds. The van der Waals surface area contributed by atoms with Crippen LogP contribution in [0.3, 0.4) is 0 Å². The summed E-state index contributed by atoms with van der Waals surface area (Å²) in [6.45, 7) is 1.62. The Balaban J connectivity index is 1.58. The lowest BCUT2D eigenvalue weighted by atomic mass is 9.99. The monoisotopic (exact) mass is 477 g/mol. The van der Waals surface area contributed by atoms with Gasteiger partial charge in [-0.25, -0.2) is 28.7 Å². The number of alkyl halides is 5. The molecule has 1 saturated heterocycles. The van der Waals surface area contributed by atoms with Crippen LogP contribution in [-0.4, -0.2) is 49.3 Å². The van der Waals surface area contributed by atoms with E-state index >= 15 is 0 Å². The van der Waals surface area contributed by atoms with Gasteiger partial charge in [-0.15, -0.1) is 0 Å². The number of rotatable bonds is 5. The van der Waals surface area contributed by atoms with Crippen LogP contribution < -0.4 is 0 Å². The van der Waals surface area contributed by atoms with Crippen LogP contribution in [0.1, 0.15) is 40.2 Å². The summed E-state index contributed by atoms with van der Waals surface area (Å²) in [4.78, 5) is 30.3. The first-order valence-corrected chi connectivity index (χ1v) is 10.5. The molecule has 1 aromatic carbocycles. The molecule has 1 atom stereocenters. The highest BCUT2D eigenvalue weighted by Crippen LogP contribution is 2.38. The maximum atomic E-state index is 14.8. The van der Waals surface area contributed by atoms with Gasteiger partial charge < -0.3 is 4.90 Å². The summed E-state index contributed by atoms with van der Waals surface area (Å²) in [5.41, 5.74) is 0.375. The molecule has 1 aliphatic rings. The van der Waals surface area contributed by atoms with Crippen LogP contribution in [0.2, 0.25) is 0 Å². The van der Waals surface area contributed by atoms with Gasteiger partial charge in [-0.1, -0.05) is 12.1 Å². The lowest BCUT2D eigenvalue weighted by molar-refractivity contribution is -0.138. The van der Waals surface area contributed by atoms with E-state index in [1.165, 1.54) is 12.4 Å². The summed E-state index contributed by atoms with van der Waals surface area (Å²) in [7, 11) is 0. The Hall–Kier alpha value is -3.50. The number of likely N-dealkylation sites (tertiary alicyclic amines) is 1. The topological polar surface area (TPSA) is 71.9 Å². The fourth-order valence-electron chi connectivity index (χ4n) is 4.05. The molecule has 0 radical (unpaired) electrons. The van der Waals surface area contributed by atoms with Crippen molar-refractivity contribution in [2.24, 2.45) is 0 Å². The second kappa shape index (κ2) is 9.03. The van der Waals surface area contributed by atoms with E-state index in [1.54, 1.807) is 31.2 Å². The standard InChI is InChI=1S/C23H20F5N5O/c1-14-4-2-5-16(19(14)20-29-9-3-10-30-20)21(34)33-11-8-22(24,25)17(33)6-7-18-31-12-15(13-32-18)23(26,27)28/h2-5,9-10,12-13,17H,6-8,11H2,1H3/t17-/m1/s1. The SMILES string of the molecule is Cc1cccc(C(=O)N2CCC(F)(F)[C@H]2CCc2ncc(C(F)(F)F)cn2)c1-c1ncccn1. The number of hydrogen-bond donors (Lipinski definition) is 0. The molecule has 2 aromatic heterocycles. The number of aryl methyl sites for hydroxylation is 2. The third kappa shape index (κ3) is 4.73. The van der Waals surface area contributed by atoms with E-state index in [0.717, 1.165) is 10.5 Å². The van der Waals surface area contributed by atoms with Crippen LogP contribution in [0.4, 0.5) is 22.0 Å². The fraction of sp³-hybridized carbons (Fsp3) is 0.348. The first-order valence-electron chi connectivity index (χ1n) is 10.5. The summed E-state index contributed by atoms with van der Waals surface area (Å²) < 4.78 is 67.6.